The Morgan fingerprint density at radius 2 is 1.79 bits per heavy atom. The lowest BCUT2D eigenvalue weighted by atomic mass is 10.1. The Balaban J connectivity index is 1.80. The van der Waals surface area contributed by atoms with Crippen molar-refractivity contribution < 1.29 is 9.53 Å². The largest absolute Gasteiger partial charge is 0.459 e. The van der Waals surface area contributed by atoms with Gasteiger partial charge in [-0.05, 0) is 66.1 Å². The molecule has 0 N–H and O–H groups in total. The highest BCUT2D eigenvalue weighted by atomic mass is 16.6. The molecule has 2 heterocycles. The molecule has 0 aromatic rings. The third kappa shape index (κ3) is 4.46. The van der Waals surface area contributed by atoms with Gasteiger partial charge in [-0.3, -0.25) is 9.69 Å². The molecule has 0 radical (unpaired) electrons. The highest BCUT2D eigenvalue weighted by Gasteiger charge is 2.34. The summed E-state index contributed by atoms with van der Waals surface area (Å²) in [6.45, 7) is 11.4. The van der Waals surface area contributed by atoms with Crippen LogP contribution in [0.2, 0.25) is 0 Å². The van der Waals surface area contributed by atoms with Gasteiger partial charge in [-0.2, -0.15) is 0 Å². The zero-order valence-corrected chi connectivity index (χ0v) is 12.7. The van der Waals surface area contributed by atoms with Crippen molar-refractivity contribution in [2.75, 3.05) is 32.7 Å². The fourth-order valence-corrected chi connectivity index (χ4v) is 3.01. The summed E-state index contributed by atoms with van der Waals surface area (Å²) < 4.78 is 5.53. The van der Waals surface area contributed by atoms with Gasteiger partial charge in [0.25, 0.3) is 0 Å². The van der Waals surface area contributed by atoms with E-state index in [2.05, 4.69) is 9.80 Å². The van der Waals surface area contributed by atoms with Crippen LogP contribution >= 0.6 is 0 Å². The minimum absolute atomic E-state index is 0.0122. The second-order valence-electron chi connectivity index (χ2n) is 6.78. The van der Waals surface area contributed by atoms with Crippen molar-refractivity contribution in [1.82, 2.24) is 9.80 Å². The van der Waals surface area contributed by atoms with E-state index in [9.17, 15) is 4.79 Å². The van der Waals surface area contributed by atoms with E-state index in [4.69, 9.17) is 4.74 Å². The van der Waals surface area contributed by atoms with Crippen molar-refractivity contribution in [3.05, 3.63) is 0 Å². The number of hydrogen-bond acceptors (Lipinski definition) is 4. The second kappa shape index (κ2) is 6.23. The molecule has 2 fully saturated rings. The fourth-order valence-electron chi connectivity index (χ4n) is 3.01. The van der Waals surface area contributed by atoms with E-state index in [-0.39, 0.29) is 17.6 Å². The number of rotatable bonds is 4. The number of ether oxygens (including phenoxy) is 1. The molecule has 110 valence electrons. The molecule has 0 saturated carbocycles. The van der Waals surface area contributed by atoms with Crippen LogP contribution in [0.3, 0.4) is 0 Å². The van der Waals surface area contributed by atoms with Gasteiger partial charge < -0.3 is 9.64 Å². The maximum Gasteiger partial charge on any atom is 0.323 e. The molecular formula is C15H28N2O2. The van der Waals surface area contributed by atoms with Gasteiger partial charge in [-0.25, -0.2) is 0 Å². The zero-order valence-electron chi connectivity index (χ0n) is 12.7. The Morgan fingerprint density at radius 1 is 1.11 bits per heavy atom. The van der Waals surface area contributed by atoms with E-state index in [0.717, 1.165) is 32.5 Å². The minimum atomic E-state index is -0.375. The summed E-state index contributed by atoms with van der Waals surface area (Å²) >= 11 is 0. The van der Waals surface area contributed by atoms with E-state index in [1.54, 1.807) is 0 Å². The van der Waals surface area contributed by atoms with Crippen molar-refractivity contribution in [2.24, 2.45) is 0 Å². The van der Waals surface area contributed by atoms with Crippen LogP contribution in [0, 0.1) is 0 Å². The van der Waals surface area contributed by atoms with Crippen LogP contribution in [0.5, 0.6) is 0 Å². The van der Waals surface area contributed by atoms with Crippen LogP contribution in [0.15, 0.2) is 0 Å². The Bertz CT molecular complexity index is 306. The van der Waals surface area contributed by atoms with Crippen molar-refractivity contribution >= 4 is 5.97 Å². The predicted molar refractivity (Wildman–Crippen MR) is 76.1 cm³/mol. The van der Waals surface area contributed by atoms with Gasteiger partial charge in [-0.1, -0.05) is 0 Å². The van der Waals surface area contributed by atoms with Crippen LogP contribution in [0.25, 0.3) is 0 Å². The van der Waals surface area contributed by atoms with Crippen molar-refractivity contribution in [2.45, 2.75) is 58.1 Å². The van der Waals surface area contributed by atoms with Gasteiger partial charge in [0.2, 0.25) is 0 Å². The first-order valence-electron chi connectivity index (χ1n) is 7.65. The minimum Gasteiger partial charge on any atom is -0.459 e. The molecule has 4 nitrogen and oxygen atoms in total. The summed E-state index contributed by atoms with van der Waals surface area (Å²) in [7, 11) is 0. The lowest BCUT2D eigenvalue weighted by Gasteiger charge is -2.28. The predicted octanol–water partition coefficient (Wildman–Crippen LogP) is 1.89. The monoisotopic (exact) mass is 268 g/mol. The smallest absolute Gasteiger partial charge is 0.323 e. The number of carbonyl (C=O) groups excluding carboxylic acids is 1. The van der Waals surface area contributed by atoms with Crippen molar-refractivity contribution in [1.29, 1.82) is 0 Å². The summed E-state index contributed by atoms with van der Waals surface area (Å²) in [4.78, 5) is 17.0. The van der Waals surface area contributed by atoms with Gasteiger partial charge in [0.15, 0.2) is 0 Å². The lowest BCUT2D eigenvalue weighted by molar-refractivity contribution is -0.160. The number of esters is 1. The molecule has 2 rings (SSSR count). The second-order valence-corrected chi connectivity index (χ2v) is 6.78. The molecule has 2 aliphatic rings. The van der Waals surface area contributed by atoms with Gasteiger partial charge in [0.1, 0.15) is 11.6 Å². The third-order valence-electron chi connectivity index (χ3n) is 3.94. The van der Waals surface area contributed by atoms with E-state index >= 15 is 0 Å². The Labute approximate surface area is 117 Å². The maximum atomic E-state index is 12.2. The molecular weight excluding hydrogens is 240 g/mol. The molecule has 2 aliphatic heterocycles. The number of likely N-dealkylation sites (tertiary alicyclic amines) is 2. The topological polar surface area (TPSA) is 32.8 Å². The molecule has 2 saturated heterocycles. The third-order valence-corrected chi connectivity index (χ3v) is 3.94. The highest BCUT2D eigenvalue weighted by Crippen LogP contribution is 2.21. The maximum absolute atomic E-state index is 12.2. The first-order valence-corrected chi connectivity index (χ1v) is 7.65. The Kier molecular flexibility index (Phi) is 4.85. The molecule has 0 amide bonds. The average molecular weight is 268 g/mol. The van der Waals surface area contributed by atoms with E-state index in [1.807, 2.05) is 20.8 Å². The van der Waals surface area contributed by atoms with Crippen molar-refractivity contribution in [3.63, 3.8) is 0 Å². The van der Waals surface area contributed by atoms with Crippen LogP contribution < -0.4 is 0 Å². The number of hydrogen-bond donors (Lipinski definition) is 0. The molecule has 0 bridgehead atoms. The normalized spacial score (nSPS) is 25.9. The molecule has 0 spiro atoms. The Morgan fingerprint density at radius 3 is 2.42 bits per heavy atom. The molecule has 0 unspecified atom stereocenters. The number of carbonyl (C=O) groups is 1. The number of nitrogens with zero attached hydrogens (tertiary/aromatic N) is 2. The van der Waals surface area contributed by atoms with Crippen LogP contribution in [0.1, 0.15) is 46.5 Å². The van der Waals surface area contributed by atoms with Crippen molar-refractivity contribution in [3.8, 4) is 0 Å². The van der Waals surface area contributed by atoms with Crippen LogP contribution in [0.4, 0.5) is 0 Å². The van der Waals surface area contributed by atoms with Gasteiger partial charge in [-0.15, -0.1) is 0 Å². The lowest BCUT2D eigenvalue weighted by Crippen LogP contribution is -2.43. The van der Waals surface area contributed by atoms with Gasteiger partial charge in [0, 0.05) is 13.1 Å². The quantitative estimate of drug-likeness (QED) is 0.729. The van der Waals surface area contributed by atoms with E-state index in [1.165, 1.54) is 25.9 Å². The first-order chi connectivity index (χ1) is 8.96. The molecule has 19 heavy (non-hydrogen) atoms. The van der Waals surface area contributed by atoms with E-state index in [0.29, 0.717) is 0 Å². The zero-order chi connectivity index (χ0) is 13.9. The molecule has 4 heteroatoms. The molecule has 0 aliphatic carbocycles. The summed E-state index contributed by atoms with van der Waals surface area (Å²) in [5.74, 6) is -0.0357. The standard InChI is InChI=1S/C15H28N2O2/c1-15(2,3)19-14(18)13-7-6-10-17(13)12-11-16-8-4-5-9-16/h13H,4-12H2,1-3H3/t13-/m0/s1. The van der Waals surface area contributed by atoms with E-state index < -0.39 is 0 Å². The highest BCUT2D eigenvalue weighted by molar-refractivity contribution is 5.76. The van der Waals surface area contributed by atoms with Crippen LogP contribution in [-0.2, 0) is 9.53 Å². The molecule has 0 aromatic heterocycles. The van der Waals surface area contributed by atoms with Gasteiger partial charge >= 0.3 is 5.97 Å². The first kappa shape index (κ1) is 14.8. The summed E-state index contributed by atoms with van der Waals surface area (Å²) in [5, 5.41) is 0. The average Bonchev–Trinajstić information content (AvgIpc) is 2.95. The summed E-state index contributed by atoms with van der Waals surface area (Å²) in [6.07, 6.45) is 4.73. The fraction of sp³-hybridized carbons (Fsp3) is 0.933. The SMILES string of the molecule is CC(C)(C)OC(=O)[C@@H]1CCCN1CCN1CCCC1. The van der Waals surface area contributed by atoms with Crippen LogP contribution in [-0.4, -0.2) is 60.1 Å². The van der Waals surface area contributed by atoms with Gasteiger partial charge in [0.05, 0.1) is 0 Å². The summed E-state index contributed by atoms with van der Waals surface area (Å²) in [6, 6.07) is -0.0122. The molecule has 0 aromatic carbocycles. The summed E-state index contributed by atoms with van der Waals surface area (Å²) in [5.41, 5.74) is -0.375. The molecule has 1 atom stereocenters. The Hall–Kier alpha value is -0.610.